The van der Waals surface area contributed by atoms with Gasteiger partial charge in [-0.1, -0.05) is 18.2 Å². The number of rotatable bonds is 5. The van der Waals surface area contributed by atoms with Crippen molar-refractivity contribution in [1.82, 2.24) is 10.2 Å². The minimum Gasteiger partial charge on any atom is -0.477 e. The molecule has 3 rings (SSSR count). The molecule has 7 nitrogen and oxygen atoms in total. The summed E-state index contributed by atoms with van der Waals surface area (Å²) in [4.78, 5) is 38.2. The first kappa shape index (κ1) is 18.1. The fourth-order valence-corrected chi connectivity index (χ4v) is 5.28. The molecule has 2 amide bonds. The van der Waals surface area contributed by atoms with Crippen LogP contribution in [0.15, 0.2) is 34.4 Å². The highest BCUT2D eigenvalue weighted by Crippen LogP contribution is 2.42. The van der Waals surface area contributed by atoms with Gasteiger partial charge < -0.3 is 16.2 Å². The van der Waals surface area contributed by atoms with E-state index < -0.39 is 35.2 Å². The maximum Gasteiger partial charge on any atom is 0.353 e. The Hall–Kier alpha value is -1.71. The van der Waals surface area contributed by atoms with E-state index in [4.69, 9.17) is 5.73 Å². The number of hydrogen-bond acceptors (Lipinski definition) is 6. The summed E-state index contributed by atoms with van der Waals surface area (Å²) in [5, 5.41) is 11.7. The smallest absolute Gasteiger partial charge is 0.353 e. The van der Waals surface area contributed by atoms with E-state index >= 15 is 0 Å². The lowest BCUT2D eigenvalue weighted by molar-refractivity contribution is -0.150. The molecule has 25 heavy (non-hydrogen) atoms. The van der Waals surface area contributed by atoms with Gasteiger partial charge in [-0.05, 0) is 24.7 Å². The van der Waals surface area contributed by atoms with Crippen molar-refractivity contribution in [2.45, 2.75) is 30.3 Å². The zero-order valence-corrected chi connectivity index (χ0v) is 15.2. The SMILES string of the molecule is CSC1=C(C(=O)O)N2C(=O)[C@@H](NC(=O)C(N)C3=CCC=CC3)[C@@H]2SC1. The second-order valence-electron chi connectivity index (χ2n) is 5.85. The summed E-state index contributed by atoms with van der Waals surface area (Å²) >= 11 is 2.78. The average molecular weight is 381 g/mol. The van der Waals surface area contributed by atoms with Gasteiger partial charge in [0.2, 0.25) is 5.91 Å². The Morgan fingerprint density at radius 1 is 1.48 bits per heavy atom. The minimum absolute atomic E-state index is 0.0242. The van der Waals surface area contributed by atoms with Crippen molar-refractivity contribution in [3.05, 3.63) is 34.4 Å². The molecule has 0 radical (unpaired) electrons. The summed E-state index contributed by atoms with van der Waals surface area (Å²) in [5.41, 5.74) is 6.85. The molecule has 0 aromatic carbocycles. The third-order valence-electron chi connectivity index (χ3n) is 4.40. The van der Waals surface area contributed by atoms with E-state index in [9.17, 15) is 19.5 Å². The van der Waals surface area contributed by atoms with E-state index in [-0.39, 0.29) is 5.70 Å². The number of hydrogen-bond donors (Lipinski definition) is 3. The van der Waals surface area contributed by atoms with E-state index in [1.807, 2.05) is 18.2 Å². The number of β-lactam (4-membered cyclic amide) rings is 1. The van der Waals surface area contributed by atoms with Crippen LogP contribution in [0.2, 0.25) is 0 Å². The molecule has 0 aromatic rings. The van der Waals surface area contributed by atoms with Gasteiger partial charge >= 0.3 is 5.97 Å². The van der Waals surface area contributed by atoms with E-state index in [2.05, 4.69) is 5.32 Å². The first-order chi connectivity index (χ1) is 12.0. The maximum atomic E-state index is 12.4. The number of carboxylic acid groups (broad SMARTS) is 1. The van der Waals surface area contributed by atoms with Crippen LogP contribution < -0.4 is 11.1 Å². The Labute approximate surface area is 153 Å². The Morgan fingerprint density at radius 3 is 2.84 bits per heavy atom. The summed E-state index contributed by atoms with van der Waals surface area (Å²) in [6.45, 7) is 0. The molecular weight excluding hydrogens is 362 g/mol. The summed E-state index contributed by atoms with van der Waals surface area (Å²) in [6, 6.07) is -1.53. The van der Waals surface area contributed by atoms with Crippen molar-refractivity contribution in [1.29, 1.82) is 0 Å². The Balaban J connectivity index is 1.69. The van der Waals surface area contributed by atoms with Crippen LogP contribution in [0.1, 0.15) is 12.8 Å². The van der Waals surface area contributed by atoms with Crippen molar-refractivity contribution in [2.75, 3.05) is 12.0 Å². The molecule has 1 aliphatic carbocycles. The number of nitrogens with one attached hydrogen (secondary N) is 1. The number of carbonyl (C=O) groups excluding carboxylic acids is 2. The van der Waals surface area contributed by atoms with E-state index in [1.165, 1.54) is 28.4 Å². The summed E-state index contributed by atoms with van der Waals surface area (Å²) in [7, 11) is 0. The lowest BCUT2D eigenvalue weighted by Gasteiger charge is -2.49. The number of allylic oxidation sites excluding steroid dienone is 3. The molecule has 0 saturated carbocycles. The van der Waals surface area contributed by atoms with Crippen LogP contribution in [0.3, 0.4) is 0 Å². The van der Waals surface area contributed by atoms with Crippen LogP contribution in [0.4, 0.5) is 0 Å². The number of fused-ring (bicyclic) bond motifs is 1. The largest absolute Gasteiger partial charge is 0.477 e. The number of nitrogens with two attached hydrogens (primary N) is 1. The van der Waals surface area contributed by atoms with Crippen LogP contribution in [0, 0.1) is 0 Å². The highest BCUT2D eigenvalue weighted by Gasteiger charge is 2.54. The predicted molar refractivity (Wildman–Crippen MR) is 97.6 cm³/mol. The highest BCUT2D eigenvalue weighted by molar-refractivity contribution is 8.05. The molecule has 0 bridgehead atoms. The van der Waals surface area contributed by atoms with Gasteiger partial charge in [0.05, 0.1) is 0 Å². The van der Waals surface area contributed by atoms with Gasteiger partial charge in [0.1, 0.15) is 23.2 Å². The quantitative estimate of drug-likeness (QED) is 0.473. The van der Waals surface area contributed by atoms with Crippen molar-refractivity contribution >= 4 is 41.3 Å². The Kier molecular flexibility index (Phi) is 5.26. The topological polar surface area (TPSA) is 113 Å². The van der Waals surface area contributed by atoms with Crippen molar-refractivity contribution in [3.63, 3.8) is 0 Å². The van der Waals surface area contributed by atoms with Crippen LogP contribution >= 0.6 is 23.5 Å². The molecule has 1 fully saturated rings. The zero-order chi connectivity index (χ0) is 18.1. The molecule has 3 aliphatic rings. The molecule has 2 heterocycles. The van der Waals surface area contributed by atoms with Crippen molar-refractivity contribution in [2.24, 2.45) is 5.73 Å². The summed E-state index contributed by atoms with van der Waals surface area (Å²) in [5.74, 6) is -1.43. The second-order valence-corrected chi connectivity index (χ2v) is 7.85. The Morgan fingerprint density at radius 2 is 2.24 bits per heavy atom. The van der Waals surface area contributed by atoms with E-state index in [1.54, 1.807) is 6.26 Å². The number of carboxylic acids is 1. The molecule has 0 aromatic heterocycles. The number of carbonyl (C=O) groups is 3. The zero-order valence-electron chi connectivity index (χ0n) is 13.6. The van der Waals surface area contributed by atoms with Gasteiger partial charge in [-0.2, -0.15) is 0 Å². The highest BCUT2D eigenvalue weighted by atomic mass is 32.2. The summed E-state index contributed by atoms with van der Waals surface area (Å²) in [6.07, 6.45) is 9.04. The Bertz CT molecular complexity index is 716. The number of aliphatic carboxylic acids is 1. The number of amides is 2. The van der Waals surface area contributed by atoms with Gasteiger partial charge in [0, 0.05) is 10.7 Å². The van der Waals surface area contributed by atoms with Gasteiger partial charge in [-0.15, -0.1) is 23.5 Å². The normalized spacial score (nSPS) is 26.6. The third-order valence-corrected chi connectivity index (χ3v) is 6.69. The average Bonchev–Trinajstić information content (AvgIpc) is 2.64. The molecular formula is C16H19N3O4S2. The lowest BCUT2D eigenvalue weighted by Crippen LogP contribution is -2.71. The standard InChI is InChI=1S/C16H19N3O4S2/c1-24-9-7-25-15-11(14(21)19(15)12(9)16(22)23)18-13(20)10(17)8-5-3-2-4-6-8/h2-3,6,10-11,15H,4-5,7,17H2,1H3,(H,18,20)(H,22,23)/t10?,11-,15+/m1/s1. The van der Waals surface area contributed by atoms with Crippen LogP contribution in [-0.2, 0) is 14.4 Å². The monoisotopic (exact) mass is 381 g/mol. The van der Waals surface area contributed by atoms with Gasteiger partial charge in [-0.3, -0.25) is 14.5 Å². The minimum atomic E-state index is -1.12. The first-order valence-electron chi connectivity index (χ1n) is 7.80. The van der Waals surface area contributed by atoms with Crippen LogP contribution in [-0.4, -0.2) is 57.3 Å². The van der Waals surface area contributed by atoms with Gasteiger partial charge in [0.15, 0.2) is 0 Å². The maximum absolute atomic E-state index is 12.4. The van der Waals surface area contributed by atoms with Crippen LogP contribution in [0.25, 0.3) is 0 Å². The van der Waals surface area contributed by atoms with Gasteiger partial charge in [-0.25, -0.2) is 4.79 Å². The molecule has 134 valence electrons. The van der Waals surface area contributed by atoms with Crippen molar-refractivity contribution < 1.29 is 19.5 Å². The summed E-state index contributed by atoms with van der Waals surface area (Å²) < 4.78 is 0. The number of thioether (sulfide) groups is 2. The van der Waals surface area contributed by atoms with Gasteiger partial charge in [0.25, 0.3) is 5.91 Å². The molecule has 3 atom stereocenters. The molecule has 1 unspecified atom stereocenters. The molecule has 0 spiro atoms. The fraction of sp³-hybridized carbons (Fsp3) is 0.438. The van der Waals surface area contributed by atoms with Crippen LogP contribution in [0.5, 0.6) is 0 Å². The predicted octanol–water partition coefficient (Wildman–Crippen LogP) is 0.649. The fourth-order valence-electron chi connectivity index (χ4n) is 3.03. The molecule has 2 aliphatic heterocycles. The first-order valence-corrected chi connectivity index (χ1v) is 10.1. The van der Waals surface area contributed by atoms with E-state index in [0.29, 0.717) is 17.1 Å². The lowest BCUT2D eigenvalue weighted by atomic mass is 9.97. The number of nitrogens with zero attached hydrogens (tertiary/aromatic N) is 1. The van der Waals surface area contributed by atoms with E-state index in [0.717, 1.165) is 12.0 Å². The molecule has 4 N–H and O–H groups in total. The third kappa shape index (κ3) is 3.23. The van der Waals surface area contributed by atoms with Crippen molar-refractivity contribution in [3.8, 4) is 0 Å². The molecule has 9 heteroatoms. The second kappa shape index (κ2) is 7.27. The molecule has 1 saturated heterocycles.